The van der Waals surface area contributed by atoms with Crippen molar-refractivity contribution in [3.63, 3.8) is 0 Å². The molecule has 3 aromatic rings. The molecule has 6 nitrogen and oxygen atoms in total. The van der Waals surface area contributed by atoms with E-state index < -0.39 is 0 Å². The molecule has 0 unspecified atom stereocenters. The predicted octanol–water partition coefficient (Wildman–Crippen LogP) is 2.99. The molecule has 5 rings (SSSR count). The Morgan fingerprint density at radius 1 is 0.862 bits per heavy atom. The van der Waals surface area contributed by atoms with Gasteiger partial charge in [-0.25, -0.2) is 0 Å². The largest absolute Gasteiger partial charge is 0.332 e. The van der Waals surface area contributed by atoms with Crippen molar-refractivity contribution >= 4 is 22.7 Å². The fraction of sp³-hybridized carbons (Fsp3) is 0.304. The van der Waals surface area contributed by atoms with Crippen LogP contribution in [0.2, 0.25) is 0 Å². The van der Waals surface area contributed by atoms with E-state index in [1.807, 2.05) is 60.0 Å². The van der Waals surface area contributed by atoms with Gasteiger partial charge in [-0.15, -0.1) is 0 Å². The van der Waals surface area contributed by atoms with Gasteiger partial charge >= 0.3 is 0 Å². The van der Waals surface area contributed by atoms with Crippen molar-refractivity contribution in [1.29, 1.82) is 0 Å². The Bertz CT molecular complexity index is 1140. The lowest BCUT2D eigenvalue weighted by molar-refractivity contribution is 0.0523. The van der Waals surface area contributed by atoms with Gasteiger partial charge < -0.3 is 9.80 Å². The van der Waals surface area contributed by atoms with Gasteiger partial charge in [0.2, 0.25) is 0 Å². The Morgan fingerprint density at radius 3 is 2.28 bits per heavy atom. The number of hydrogen-bond donors (Lipinski definition) is 0. The maximum absolute atomic E-state index is 13.5. The SMILES string of the molecule is Cc1cccnc1C(=O)N1C[C@@H]2C[C@H]1CN2C(=O)c1c(C)ccc2ncccc12. The lowest BCUT2D eigenvalue weighted by atomic mass is 10.0. The van der Waals surface area contributed by atoms with Crippen LogP contribution < -0.4 is 0 Å². The van der Waals surface area contributed by atoms with E-state index in [1.54, 1.807) is 12.4 Å². The first-order valence-electron chi connectivity index (χ1n) is 9.92. The molecule has 0 radical (unpaired) electrons. The van der Waals surface area contributed by atoms with Crippen molar-refractivity contribution in [2.24, 2.45) is 0 Å². The molecule has 0 spiro atoms. The molecule has 2 atom stereocenters. The van der Waals surface area contributed by atoms with Crippen LogP contribution in [0.1, 0.15) is 38.4 Å². The number of rotatable bonds is 2. The summed E-state index contributed by atoms with van der Waals surface area (Å²) < 4.78 is 0. The molecule has 2 aliphatic heterocycles. The highest BCUT2D eigenvalue weighted by Gasteiger charge is 2.48. The van der Waals surface area contributed by atoms with Crippen LogP contribution in [-0.4, -0.2) is 56.8 Å². The van der Waals surface area contributed by atoms with Crippen LogP contribution >= 0.6 is 0 Å². The van der Waals surface area contributed by atoms with Crippen LogP contribution in [0, 0.1) is 13.8 Å². The summed E-state index contributed by atoms with van der Waals surface area (Å²) >= 11 is 0. The van der Waals surface area contributed by atoms with Crippen molar-refractivity contribution < 1.29 is 9.59 Å². The first-order chi connectivity index (χ1) is 14.0. The minimum absolute atomic E-state index is 0.0340. The third-order valence-corrected chi connectivity index (χ3v) is 6.18. The summed E-state index contributed by atoms with van der Waals surface area (Å²) in [6.45, 7) is 5.00. The highest BCUT2D eigenvalue weighted by molar-refractivity contribution is 6.08. The number of piperazine rings is 1. The summed E-state index contributed by atoms with van der Waals surface area (Å²) in [6, 6.07) is 11.6. The van der Waals surface area contributed by atoms with Crippen LogP contribution in [0.5, 0.6) is 0 Å². The number of aryl methyl sites for hydroxylation is 2. The quantitative estimate of drug-likeness (QED) is 0.679. The summed E-state index contributed by atoms with van der Waals surface area (Å²) in [4.78, 5) is 38.9. The van der Waals surface area contributed by atoms with E-state index in [-0.39, 0.29) is 23.9 Å². The molecule has 6 heteroatoms. The van der Waals surface area contributed by atoms with Crippen LogP contribution in [-0.2, 0) is 0 Å². The molecule has 1 aromatic carbocycles. The van der Waals surface area contributed by atoms with Crippen LogP contribution in [0.4, 0.5) is 0 Å². The molecule has 0 N–H and O–H groups in total. The lowest BCUT2D eigenvalue weighted by Gasteiger charge is -2.34. The highest BCUT2D eigenvalue weighted by Crippen LogP contribution is 2.34. The average Bonchev–Trinajstić information content (AvgIpc) is 3.34. The zero-order valence-corrected chi connectivity index (χ0v) is 16.5. The molecule has 29 heavy (non-hydrogen) atoms. The normalized spacial score (nSPS) is 20.5. The fourth-order valence-electron chi connectivity index (χ4n) is 4.70. The average molecular weight is 386 g/mol. The van der Waals surface area contributed by atoms with E-state index in [1.165, 1.54) is 0 Å². The lowest BCUT2D eigenvalue weighted by Crippen LogP contribution is -2.51. The van der Waals surface area contributed by atoms with E-state index in [0.29, 0.717) is 18.8 Å². The molecule has 146 valence electrons. The molecule has 0 aliphatic carbocycles. The summed E-state index contributed by atoms with van der Waals surface area (Å²) in [5.74, 6) is 0.00274. The Kier molecular flexibility index (Phi) is 4.08. The van der Waals surface area contributed by atoms with Crippen LogP contribution in [0.25, 0.3) is 10.9 Å². The van der Waals surface area contributed by atoms with Gasteiger partial charge in [-0.05, 0) is 49.6 Å². The first kappa shape index (κ1) is 17.8. The molecule has 4 heterocycles. The van der Waals surface area contributed by atoms with Gasteiger partial charge in [0.25, 0.3) is 11.8 Å². The van der Waals surface area contributed by atoms with Crippen molar-refractivity contribution in [1.82, 2.24) is 19.8 Å². The van der Waals surface area contributed by atoms with Gasteiger partial charge in [-0.1, -0.05) is 18.2 Å². The number of benzene rings is 1. The second kappa shape index (κ2) is 6.65. The standard InChI is InChI=1S/C23H22N4O2/c1-14-7-8-19-18(6-4-9-24-19)20(14)22(28)26-12-17-11-16(26)13-27(17)23(29)21-15(2)5-3-10-25-21/h3-10,16-17H,11-13H2,1-2H3/t16-,17-/m0/s1. The van der Waals surface area contributed by atoms with Crippen LogP contribution in [0.3, 0.4) is 0 Å². The highest BCUT2D eigenvalue weighted by atomic mass is 16.2. The Morgan fingerprint density at radius 2 is 1.55 bits per heavy atom. The topological polar surface area (TPSA) is 66.4 Å². The van der Waals surface area contributed by atoms with Gasteiger partial charge in [0, 0.05) is 30.9 Å². The van der Waals surface area contributed by atoms with E-state index in [9.17, 15) is 9.59 Å². The molecule has 2 aliphatic rings. The molecule has 2 aromatic heterocycles. The number of hydrogen-bond acceptors (Lipinski definition) is 4. The van der Waals surface area contributed by atoms with E-state index >= 15 is 0 Å². The number of amides is 2. The number of fused-ring (bicyclic) bond motifs is 3. The summed E-state index contributed by atoms with van der Waals surface area (Å²) in [7, 11) is 0. The zero-order valence-electron chi connectivity index (χ0n) is 16.5. The fourth-order valence-corrected chi connectivity index (χ4v) is 4.70. The third-order valence-electron chi connectivity index (χ3n) is 6.18. The third kappa shape index (κ3) is 2.78. The molecule has 2 amide bonds. The molecule has 2 saturated heterocycles. The predicted molar refractivity (Wildman–Crippen MR) is 110 cm³/mol. The van der Waals surface area contributed by atoms with Gasteiger partial charge in [0.15, 0.2) is 0 Å². The molecule has 2 bridgehead atoms. The molecular weight excluding hydrogens is 364 g/mol. The van der Waals surface area contributed by atoms with Gasteiger partial charge in [-0.2, -0.15) is 0 Å². The maximum Gasteiger partial charge on any atom is 0.273 e. The van der Waals surface area contributed by atoms with E-state index in [2.05, 4.69) is 9.97 Å². The zero-order chi connectivity index (χ0) is 20.1. The molecular formula is C23H22N4O2. The number of carbonyl (C=O) groups excluding carboxylic acids is 2. The minimum Gasteiger partial charge on any atom is -0.332 e. The smallest absolute Gasteiger partial charge is 0.273 e. The van der Waals surface area contributed by atoms with Crippen molar-refractivity contribution in [2.75, 3.05) is 13.1 Å². The number of pyridine rings is 2. The maximum atomic E-state index is 13.5. The number of aromatic nitrogens is 2. The first-order valence-corrected chi connectivity index (χ1v) is 9.92. The summed E-state index contributed by atoms with van der Waals surface area (Å²) in [5, 5.41) is 0.886. The monoisotopic (exact) mass is 386 g/mol. The van der Waals surface area contributed by atoms with E-state index in [4.69, 9.17) is 0 Å². The van der Waals surface area contributed by atoms with E-state index in [0.717, 1.165) is 34.0 Å². The minimum atomic E-state index is -0.0340. The number of carbonyl (C=O) groups is 2. The van der Waals surface area contributed by atoms with Crippen molar-refractivity contribution in [3.05, 3.63) is 71.2 Å². The van der Waals surface area contributed by atoms with Crippen molar-refractivity contribution in [2.45, 2.75) is 32.4 Å². The van der Waals surface area contributed by atoms with Crippen molar-refractivity contribution in [3.8, 4) is 0 Å². The summed E-state index contributed by atoms with van der Waals surface area (Å²) in [5.41, 5.74) is 3.89. The molecule has 0 saturated carbocycles. The second-order valence-corrected chi connectivity index (χ2v) is 7.95. The Hall–Kier alpha value is -3.28. The second-order valence-electron chi connectivity index (χ2n) is 7.95. The van der Waals surface area contributed by atoms with Gasteiger partial charge in [0.05, 0.1) is 23.2 Å². The number of nitrogens with zero attached hydrogens (tertiary/aromatic N) is 4. The number of likely N-dealkylation sites (tertiary alicyclic amines) is 2. The molecule has 2 fully saturated rings. The summed E-state index contributed by atoms with van der Waals surface area (Å²) in [6.07, 6.45) is 4.22. The Balaban J connectivity index is 1.41. The van der Waals surface area contributed by atoms with Crippen LogP contribution in [0.15, 0.2) is 48.8 Å². The van der Waals surface area contributed by atoms with Gasteiger partial charge in [0.1, 0.15) is 5.69 Å². The van der Waals surface area contributed by atoms with Gasteiger partial charge in [-0.3, -0.25) is 19.6 Å². The Labute approximate surface area is 169 Å².